The molecule has 7 heteroatoms. The predicted molar refractivity (Wildman–Crippen MR) is 100 cm³/mol. The van der Waals surface area contributed by atoms with Gasteiger partial charge in [-0.3, -0.25) is 9.69 Å². The van der Waals surface area contributed by atoms with Crippen molar-refractivity contribution in [2.24, 2.45) is 5.41 Å². The summed E-state index contributed by atoms with van der Waals surface area (Å²) in [5, 5.41) is 0. The molecule has 0 radical (unpaired) electrons. The van der Waals surface area contributed by atoms with Crippen molar-refractivity contribution in [3.8, 4) is 0 Å². The Morgan fingerprint density at radius 2 is 2.23 bits per heavy atom. The summed E-state index contributed by atoms with van der Waals surface area (Å²) in [5.41, 5.74) is 5.62. The van der Waals surface area contributed by atoms with Crippen LogP contribution in [0.1, 0.15) is 44.3 Å². The van der Waals surface area contributed by atoms with Gasteiger partial charge in [-0.15, -0.1) is 0 Å². The van der Waals surface area contributed by atoms with E-state index in [0.29, 0.717) is 30.9 Å². The van der Waals surface area contributed by atoms with Gasteiger partial charge in [0.15, 0.2) is 0 Å². The summed E-state index contributed by atoms with van der Waals surface area (Å²) in [6.07, 6.45) is 7.71. The molecule has 1 saturated carbocycles. The molecule has 2 fully saturated rings. The fraction of sp³-hybridized carbons (Fsp3) is 0.737. The lowest BCUT2D eigenvalue weighted by molar-refractivity contribution is -0.137. The van der Waals surface area contributed by atoms with Crippen molar-refractivity contribution in [1.82, 2.24) is 19.8 Å². The molecule has 26 heavy (non-hydrogen) atoms. The highest BCUT2D eigenvalue weighted by atomic mass is 16.5. The molecule has 3 rings (SSSR count). The van der Waals surface area contributed by atoms with Crippen molar-refractivity contribution in [1.29, 1.82) is 0 Å². The predicted octanol–water partition coefficient (Wildman–Crippen LogP) is 1.69. The molecule has 1 atom stereocenters. The molecule has 7 nitrogen and oxygen atoms in total. The monoisotopic (exact) mass is 361 g/mol. The summed E-state index contributed by atoms with van der Waals surface area (Å²) in [6, 6.07) is 2.14. The maximum Gasteiger partial charge on any atom is 0.228 e. The number of hydrogen-bond donors (Lipinski definition) is 1. The zero-order valence-electron chi connectivity index (χ0n) is 16.0. The fourth-order valence-electron chi connectivity index (χ4n) is 3.92. The topological polar surface area (TPSA) is 84.6 Å². The number of hydrogen-bond acceptors (Lipinski definition) is 6. The minimum atomic E-state index is -0.128. The lowest BCUT2D eigenvalue weighted by atomic mass is 10.0. The lowest BCUT2D eigenvalue weighted by Crippen LogP contribution is -2.39. The van der Waals surface area contributed by atoms with Crippen LogP contribution in [0.3, 0.4) is 0 Å². The molecule has 2 heterocycles. The normalized spacial score (nSPS) is 22.3. The van der Waals surface area contributed by atoms with E-state index in [1.807, 2.05) is 0 Å². The van der Waals surface area contributed by atoms with E-state index in [0.717, 1.165) is 57.4 Å². The number of anilines is 1. The van der Waals surface area contributed by atoms with Gasteiger partial charge in [-0.2, -0.15) is 0 Å². The molecule has 1 aromatic rings. The van der Waals surface area contributed by atoms with Crippen LogP contribution in [-0.4, -0.2) is 65.6 Å². The number of carbonyl (C=O) groups is 1. The quantitative estimate of drug-likeness (QED) is 0.795. The summed E-state index contributed by atoms with van der Waals surface area (Å²) in [6.45, 7) is 3.06. The van der Waals surface area contributed by atoms with Gasteiger partial charge >= 0.3 is 0 Å². The molecule has 0 bridgehead atoms. The first-order valence-corrected chi connectivity index (χ1v) is 9.60. The van der Waals surface area contributed by atoms with Gasteiger partial charge in [0, 0.05) is 39.0 Å². The van der Waals surface area contributed by atoms with E-state index in [4.69, 9.17) is 10.5 Å². The van der Waals surface area contributed by atoms with E-state index < -0.39 is 0 Å². The average Bonchev–Trinajstić information content (AvgIpc) is 3.43. The summed E-state index contributed by atoms with van der Waals surface area (Å²) in [7, 11) is 3.81. The smallest absolute Gasteiger partial charge is 0.228 e. The number of aromatic nitrogens is 2. The highest BCUT2D eigenvalue weighted by molar-refractivity contribution is 5.85. The molecule has 1 aliphatic heterocycles. The Balaban J connectivity index is 1.53. The van der Waals surface area contributed by atoms with E-state index in [1.165, 1.54) is 0 Å². The number of nitrogens with zero attached hydrogens (tertiary/aromatic N) is 4. The Labute approximate surface area is 155 Å². The third kappa shape index (κ3) is 4.51. The van der Waals surface area contributed by atoms with E-state index in [9.17, 15) is 4.79 Å². The highest BCUT2D eigenvalue weighted by Gasteiger charge is 2.51. The van der Waals surface area contributed by atoms with Crippen molar-refractivity contribution in [3.63, 3.8) is 0 Å². The number of carbonyl (C=O) groups excluding carboxylic acids is 1. The van der Waals surface area contributed by atoms with Crippen LogP contribution in [0.5, 0.6) is 0 Å². The third-order valence-electron chi connectivity index (χ3n) is 5.82. The molecule has 0 spiro atoms. The number of nitrogens with two attached hydrogens (primary N) is 1. The molecule has 1 aromatic heterocycles. The zero-order chi connectivity index (χ0) is 18.6. The van der Waals surface area contributed by atoms with E-state index in [-0.39, 0.29) is 5.41 Å². The van der Waals surface area contributed by atoms with Crippen molar-refractivity contribution in [3.05, 3.63) is 18.1 Å². The molecular weight excluding hydrogens is 330 g/mol. The molecule has 2 N–H and O–H groups in total. The van der Waals surface area contributed by atoms with Gasteiger partial charge in [-0.1, -0.05) is 0 Å². The second kappa shape index (κ2) is 8.31. The lowest BCUT2D eigenvalue weighted by Gasteiger charge is -2.28. The molecule has 144 valence electrons. The average molecular weight is 361 g/mol. The third-order valence-corrected chi connectivity index (χ3v) is 5.82. The first-order chi connectivity index (χ1) is 12.5. The fourth-order valence-corrected chi connectivity index (χ4v) is 3.92. The van der Waals surface area contributed by atoms with Gasteiger partial charge in [0.1, 0.15) is 11.6 Å². The Kier molecular flexibility index (Phi) is 6.09. The first-order valence-electron chi connectivity index (χ1n) is 9.60. The highest BCUT2D eigenvalue weighted by Crippen LogP contribution is 2.50. The zero-order valence-corrected chi connectivity index (χ0v) is 16.0. The van der Waals surface area contributed by atoms with Crippen molar-refractivity contribution < 1.29 is 9.53 Å². The Morgan fingerprint density at radius 3 is 2.92 bits per heavy atom. The summed E-state index contributed by atoms with van der Waals surface area (Å²) >= 11 is 0. The Bertz CT molecular complexity index is 620. The van der Waals surface area contributed by atoms with Gasteiger partial charge < -0.3 is 15.4 Å². The van der Waals surface area contributed by atoms with Crippen LogP contribution in [0.15, 0.2) is 12.3 Å². The van der Waals surface area contributed by atoms with E-state index >= 15 is 0 Å². The summed E-state index contributed by atoms with van der Waals surface area (Å²) < 4.78 is 5.20. The largest absolute Gasteiger partial charge is 0.385 e. The van der Waals surface area contributed by atoms with Crippen molar-refractivity contribution in [2.45, 2.75) is 51.1 Å². The number of likely N-dealkylation sites (tertiary alicyclic amines) is 1. The molecule has 1 amide bonds. The van der Waals surface area contributed by atoms with E-state index in [1.54, 1.807) is 19.4 Å². The molecule has 1 unspecified atom stereocenters. The van der Waals surface area contributed by atoms with Gasteiger partial charge in [0.2, 0.25) is 5.91 Å². The van der Waals surface area contributed by atoms with Gasteiger partial charge in [0.25, 0.3) is 0 Å². The van der Waals surface area contributed by atoms with Crippen LogP contribution in [0.2, 0.25) is 0 Å². The van der Waals surface area contributed by atoms with E-state index in [2.05, 4.69) is 26.8 Å². The minimum Gasteiger partial charge on any atom is -0.385 e. The molecular formula is C19H31N5O2. The standard InChI is InChI=1S/C19H31N5O2/c1-23(14-17-21-10-5-16(20)22-17)15-4-3-11-24(12-6-15)18(25)19(7-8-19)9-13-26-2/h5,10,15H,3-4,6-9,11-14H2,1-2H3,(H2,20,21,22). The van der Waals surface area contributed by atoms with Crippen LogP contribution < -0.4 is 5.73 Å². The number of rotatable bonds is 7. The summed E-state index contributed by atoms with van der Waals surface area (Å²) in [4.78, 5) is 25.9. The number of methoxy groups -OCH3 is 1. The number of amides is 1. The Hall–Kier alpha value is -1.73. The van der Waals surface area contributed by atoms with Crippen LogP contribution in [0.25, 0.3) is 0 Å². The number of nitrogen functional groups attached to an aromatic ring is 1. The molecule has 2 aliphatic rings. The van der Waals surface area contributed by atoms with Gasteiger partial charge in [-0.25, -0.2) is 9.97 Å². The number of ether oxygens (including phenoxy) is 1. The SMILES string of the molecule is COCCC1(C(=O)N2CCCC(N(C)Cc3nccc(N)n3)CC2)CC1. The van der Waals surface area contributed by atoms with Crippen LogP contribution >= 0.6 is 0 Å². The van der Waals surface area contributed by atoms with Crippen molar-refractivity contribution >= 4 is 11.7 Å². The molecule has 0 aromatic carbocycles. The maximum absolute atomic E-state index is 13.0. The van der Waals surface area contributed by atoms with Crippen molar-refractivity contribution in [2.75, 3.05) is 39.6 Å². The second-order valence-electron chi connectivity index (χ2n) is 7.71. The van der Waals surface area contributed by atoms with Gasteiger partial charge in [0.05, 0.1) is 12.0 Å². The van der Waals surface area contributed by atoms with Crippen LogP contribution in [0, 0.1) is 5.41 Å². The van der Waals surface area contributed by atoms with Crippen LogP contribution in [0.4, 0.5) is 5.82 Å². The molecule has 1 saturated heterocycles. The maximum atomic E-state index is 13.0. The first kappa shape index (κ1) is 19.0. The minimum absolute atomic E-state index is 0.128. The Morgan fingerprint density at radius 1 is 1.42 bits per heavy atom. The summed E-state index contributed by atoms with van der Waals surface area (Å²) in [5.74, 6) is 1.60. The van der Waals surface area contributed by atoms with Crippen LogP contribution in [-0.2, 0) is 16.1 Å². The second-order valence-corrected chi connectivity index (χ2v) is 7.71. The van der Waals surface area contributed by atoms with Gasteiger partial charge in [-0.05, 0) is 51.6 Å². The molecule has 1 aliphatic carbocycles.